The van der Waals surface area contributed by atoms with Crippen LogP contribution in [0.5, 0.6) is 0 Å². The summed E-state index contributed by atoms with van der Waals surface area (Å²) in [5, 5.41) is 0.266. The smallest absolute Gasteiger partial charge is 0.212 e. The van der Waals surface area contributed by atoms with E-state index < -0.39 is 15.3 Å². The number of hydrogen-bond donors (Lipinski definition) is 1. The van der Waals surface area contributed by atoms with Gasteiger partial charge in [-0.1, -0.05) is 12.1 Å². The van der Waals surface area contributed by atoms with Gasteiger partial charge in [0.2, 0.25) is 15.3 Å². The Balaban J connectivity index is 2.31. The Labute approximate surface area is 133 Å². The van der Waals surface area contributed by atoms with Gasteiger partial charge < -0.3 is 4.98 Å². The van der Waals surface area contributed by atoms with E-state index >= 15 is 0 Å². The van der Waals surface area contributed by atoms with E-state index in [0.717, 1.165) is 11.3 Å². The number of nitrogens with zero attached hydrogens (tertiary/aromatic N) is 1. The van der Waals surface area contributed by atoms with E-state index in [1.165, 1.54) is 6.20 Å². The van der Waals surface area contributed by atoms with Gasteiger partial charge in [0.1, 0.15) is 10.5 Å². The van der Waals surface area contributed by atoms with Crippen molar-refractivity contribution in [3.05, 3.63) is 63.6 Å². The van der Waals surface area contributed by atoms with Crippen molar-refractivity contribution < 1.29 is 8.42 Å². The molecule has 0 spiro atoms. The minimum atomic E-state index is -3.90. The van der Waals surface area contributed by atoms with Crippen molar-refractivity contribution in [2.75, 3.05) is 0 Å². The van der Waals surface area contributed by atoms with Crippen LogP contribution in [0.25, 0.3) is 11.0 Å². The van der Waals surface area contributed by atoms with Crippen LogP contribution in [0.2, 0.25) is 0 Å². The number of hydrogen-bond acceptors (Lipinski definition) is 4. The highest BCUT2D eigenvalue weighted by atomic mass is 32.2. The summed E-state index contributed by atoms with van der Waals surface area (Å²) in [5.41, 5.74) is 2.03. The molecule has 3 rings (SSSR count). The standard InChI is InChI=1S/C17H16N2O3S/c1-10-4-5-11(2)14(8-10)23(21,22)15-9-18-17-13(16(15)20)7-6-12(3)19-17/h4-9H,1-3H3,(H,18,19,20). The molecule has 5 nitrogen and oxygen atoms in total. The van der Waals surface area contributed by atoms with Crippen LogP contribution < -0.4 is 5.43 Å². The second kappa shape index (κ2) is 5.31. The van der Waals surface area contributed by atoms with Crippen molar-refractivity contribution in [1.82, 2.24) is 9.97 Å². The first-order valence-electron chi connectivity index (χ1n) is 7.12. The first-order valence-corrected chi connectivity index (χ1v) is 8.60. The molecule has 0 aliphatic heterocycles. The summed E-state index contributed by atoms with van der Waals surface area (Å²) in [6.07, 6.45) is 1.23. The molecule has 0 aliphatic rings. The molecule has 6 heteroatoms. The van der Waals surface area contributed by atoms with Gasteiger partial charge in [-0.05, 0) is 50.1 Å². The number of aromatic amines is 1. The maximum atomic E-state index is 12.9. The fraction of sp³-hybridized carbons (Fsp3) is 0.176. The Kier molecular flexibility index (Phi) is 3.56. The summed E-state index contributed by atoms with van der Waals surface area (Å²) >= 11 is 0. The molecule has 0 radical (unpaired) electrons. The Morgan fingerprint density at radius 3 is 2.48 bits per heavy atom. The summed E-state index contributed by atoms with van der Waals surface area (Å²) in [5.74, 6) is 0. The van der Waals surface area contributed by atoms with Crippen molar-refractivity contribution in [1.29, 1.82) is 0 Å². The maximum Gasteiger partial charge on any atom is 0.212 e. The number of benzene rings is 1. The molecular weight excluding hydrogens is 312 g/mol. The van der Waals surface area contributed by atoms with Crippen LogP contribution in [0.4, 0.5) is 0 Å². The lowest BCUT2D eigenvalue weighted by Gasteiger charge is -2.09. The lowest BCUT2D eigenvalue weighted by molar-refractivity contribution is 0.594. The average Bonchev–Trinajstić information content (AvgIpc) is 2.49. The molecule has 0 atom stereocenters. The van der Waals surface area contributed by atoms with Crippen LogP contribution in [0.1, 0.15) is 16.8 Å². The van der Waals surface area contributed by atoms with E-state index in [4.69, 9.17) is 0 Å². The lowest BCUT2D eigenvalue weighted by Crippen LogP contribution is -2.17. The van der Waals surface area contributed by atoms with Crippen LogP contribution >= 0.6 is 0 Å². The third-order valence-electron chi connectivity index (χ3n) is 3.77. The fourth-order valence-corrected chi connectivity index (χ4v) is 4.14. The molecule has 118 valence electrons. The van der Waals surface area contributed by atoms with Crippen molar-refractivity contribution in [3.8, 4) is 0 Å². The molecule has 0 saturated carbocycles. The van der Waals surface area contributed by atoms with Crippen molar-refractivity contribution in [2.24, 2.45) is 0 Å². The highest BCUT2D eigenvalue weighted by molar-refractivity contribution is 7.91. The summed E-state index contributed by atoms with van der Waals surface area (Å²) in [7, 11) is -3.90. The van der Waals surface area contributed by atoms with Crippen LogP contribution in [0, 0.1) is 20.8 Å². The summed E-state index contributed by atoms with van der Waals surface area (Å²) in [6.45, 7) is 5.33. The number of sulfone groups is 1. The highest BCUT2D eigenvalue weighted by Gasteiger charge is 2.24. The molecule has 1 aromatic carbocycles. The van der Waals surface area contributed by atoms with Gasteiger partial charge in [0.15, 0.2) is 0 Å². The van der Waals surface area contributed by atoms with Gasteiger partial charge in [-0.2, -0.15) is 0 Å². The van der Waals surface area contributed by atoms with Crippen LogP contribution in [0.3, 0.4) is 0 Å². The zero-order valence-corrected chi connectivity index (χ0v) is 13.9. The van der Waals surface area contributed by atoms with Crippen molar-refractivity contribution in [3.63, 3.8) is 0 Å². The van der Waals surface area contributed by atoms with Gasteiger partial charge in [-0.3, -0.25) is 4.79 Å². The molecule has 2 heterocycles. The van der Waals surface area contributed by atoms with E-state index in [0.29, 0.717) is 11.2 Å². The van der Waals surface area contributed by atoms with Gasteiger partial charge in [0.25, 0.3) is 0 Å². The topological polar surface area (TPSA) is 79.9 Å². The predicted octanol–water partition coefficient (Wildman–Crippen LogP) is 2.68. The number of fused-ring (bicyclic) bond motifs is 1. The zero-order valence-electron chi connectivity index (χ0n) is 13.0. The lowest BCUT2D eigenvalue weighted by atomic mass is 10.2. The number of pyridine rings is 2. The number of H-pyrrole nitrogens is 1. The molecule has 0 amide bonds. The zero-order chi connectivity index (χ0) is 16.8. The molecule has 23 heavy (non-hydrogen) atoms. The number of nitrogens with one attached hydrogen (secondary N) is 1. The fourth-order valence-electron chi connectivity index (χ4n) is 2.50. The van der Waals surface area contributed by atoms with E-state index in [1.807, 2.05) is 13.0 Å². The number of rotatable bonds is 2. The van der Waals surface area contributed by atoms with Crippen LogP contribution in [-0.4, -0.2) is 18.4 Å². The second-order valence-corrected chi connectivity index (χ2v) is 7.49. The third-order valence-corrected chi connectivity index (χ3v) is 5.67. The Morgan fingerprint density at radius 1 is 1.00 bits per heavy atom. The third kappa shape index (κ3) is 2.55. The van der Waals surface area contributed by atoms with Gasteiger partial charge in [-0.15, -0.1) is 0 Å². The normalized spacial score (nSPS) is 11.8. The predicted molar refractivity (Wildman–Crippen MR) is 88.5 cm³/mol. The molecule has 3 aromatic rings. The van der Waals surface area contributed by atoms with E-state index in [-0.39, 0.29) is 15.2 Å². The largest absolute Gasteiger partial charge is 0.345 e. The maximum absolute atomic E-state index is 12.9. The minimum Gasteiger partial charge on any atom is -0.345 e. The molecular formula is C17H16N2O3S. The van der Waals surface area contributed by atoms with Crippen LogP contribution in [0.15, 0.2) is 51.1 Å². The minimum absolute atomic E-state index is 0.155. The Bertz CT molecular complexity index is 1080. The second-order valence-electron chi connectivity index (χ2n) is 5.60. The highest BCUT2D eigenvalue weighted by Crippen LogP contribution is 2.23. The molecule has 0 unspecified atom stereocenters. The number of aromatic nitrogens is 2. The summed E-state index contributed by atoms with van der Waals surface area (Å²) in [4.78, 5) is 19.5. The van der Waals surface area contributed by atoms with Gasteiger partial charge >= 0.3 is 0 Å². The van der Waals surface area contributed by atoms with E-state index in [1.54, 1.807) is 38.1 Å². The molecule has 0 aliphatic carbocycles. The summed E-state index contributed by atoms with van der Waals surface area (Å²) < 4.78 is 25.8. The number of aryl methyl sites for hydroxylation is 3. The van der Waals surface area contributed by atoms with E-state index in [9.17, 15) is 13.2 Å². The molecule has 0 bridgehead atoms. The van der Waals surface area contributed by atoms with Gasteiger partial charge in [0, 0.05) is 11.9 Å². The van der Waals surface area contributed by atoms with Gasteiger partial charge in [0.05, 0.1) is 10.3 Å². The average molecular weight is 328 g/mol. The van der Waals surface area contributed by atoms with E-state index in [2.05, 4.69) is 9.97 Å². The monoisotopic (exact) mass is 328 g/mol. The Hall–Kier alpha value is -2.47. The first kappa shape index (κ1) is 15.4. The molecule has 0 saturated heterocycles. The molecule has 0 fully saturated rings. The quantitative estimate of drug-likeness (QED) is 0.784. The van der Waals surface area contributed by atoms with Crippen molar-refractivity contribution in [2.45, 2.75) is 30.6 Å². The van der Waals surface area contributed by atoms with Gasteiger partial charge in [-0.25, -0.2) is 13.4 Å². The SMILES string of the molecule is Cc1ccc(C)c(S(=O)(=O)c2c[nH]c3nc(C)ccc3c2=O)c1. The molecule has 1 N–H and O–H groups in total. The molecule has 2 aromatic heterocycles. The van der Waals surface area contributed by atoms with Crippen molar-refractivity contribution >= 4 is 20.9 Å². The summed E-state index contributed by atoms with van der Waals surface area (Å²) in [6, 6.07) is 8.44. The first-order chi connectivity index (χ1) is 10.8. The van der Waals surface area contributed by atoms with Crippen LogP contribution in [-0.2, 0) is 9.84 Å². The Morgan fingerprint density at radius 2 is 1.74 bits per heavy atom.